The molecule has 1 heterocycles. The number of halogens is 1. The lowest BCUT2D eigenvalue weighted by Gasteiger charge is -2.35. The molecule has 1 atom stereocenters. The molecule has 0 bridgehead atoms. The monoisotopic (exact) mass is 279 g/mol. The van der Waals surface area contributed by atoms with Crippen LogP contribution in [0.25, 0.3) is 0 Å². The average Bonchev–Trinajstić information content (AvgIpc) is 2.41. The summed E-state index contributed by atoms with van der Waals surface area (Å²) in [6, 6.07) is 6.41. The summed E-state index contributed by atoms with van der Waals surface area (Å²) in [5, 5.41) is 9.17. The molecule has 20 heavy (non-hydrogen) atoms. The van der Waals surface area contributed by atoms with Crippen LogP contribution in [0.5, 0.6) is 0 Å². The van der Waals surface area contributed by atoms with Gasteiger partial charge in [-0.2, -0.15) is 0 Å². The molecule has 4 heteroatoms. The van der Waals surface area contributed by atoms with E-state index in [1.165, 1.54) is 6.07 Å². The van der Waals surface area contributed by atoms with Gasteiger partial charge in [-0.05, 0) is 62.4 Å². The van der Waals surface area contributed by atoms with Crippen molar-refractivity contribution in [2.24, 2.45) is 5.92 Å². The van der Waals surface area contributed by atoms with Crippen molar-refractivity contribution < 1.29 is 14.3 Å². The first-order chi connectivity index (χ1) is 9.60. The van der Waals surface area contributed by atoms with E-state index in [0.29, 0.717) is 12.3 Å². The largest absolute Gasteiger partial charge is 0.480 e. The van der Waals surface area contributed by atoms with Crippen LogP contribution in [0.4, 0.5) is 4.39 Å². The van der Waals surface area contributed by atoms with Gasteiger partial charge in [-0.1, -0.05) is 19.1 Å². The maximum absolute atomic E-state index is 13.2. The van der Waals surface area contributed by atoms with Crippen LogP contribution in [0.1, 0.15) is 31.7 Å². The molecule has 1 N–H and O–H groups in total. The highest BCUT2D eigenvalue weighted by molar-refractivity contribution is 5.73. The van der Waals surface area contributed by atoms with Gasteiger partial charge in [0.15, 0.2) is 0 Å². The highest BCUT2D eigenvalue weighted by Gasteiger charge is 2.28. The van der Waals surface area contributed by atoms with E-state index in [4.69, 9.17) is 0 Å². The molecule has 3 nitrogen and oxygen atoms in total. The first-order valence-corrected chi connectivity index (χ1v) is 7.31. The van der Waals surface area contributed by atoms with Crippen molar-refractivity contribution in [1.29, 1.82) is 0 Å². The van der Waals surface area contributed by atoms with E-state index in [1.54, 1.807) is 12.1 Å². The highest BCUT2D eigenvalue weighted by atomic mass is 19.1. The second kappa shape index (κ2) is 6.84. The Hall–Kier alpha value is -1.42. The van der Waals surface area contributed by atoms with Crippen LogP contribution in [0.3, 0.4) is 0 Å². The lowest BCUT2D eigenvalue weighted by Crippen LogP contribution is -2.45. The highest BCUT2D eigenvalue weighted by Crippen LogP contribution is 2.24. The molecule has 0 saturated carbocycles. The van der Waals surface area contributed by atoms with Crippen LogP contribution in [0, 0.1) is 11.7 Å². The minimum absolute atomic E-state index is 0.183. The fourth-order valence-electron chi connectivity index (χ4n) is 3.06. The number of piperidine rings is 1. The summed E-state index contributed by atoms with van der Waals surface area (Å²) >= 11 is 0. The van der Waals surface area contributed by atoms with Gasteiger partial charge in [-0.25, -0.2) is 4.39 Å². The smallest absolute Gasteiger partial charge is 0.320 e. The minimum Gasteiger partial charge on any atom is -0.480 e. The Morgan fingerprint density at radius 3 is 2.70 bits per heavy atom. The standard InChI is InChI=1S/C16H22FNO2/c1-2-15(16(19)20)18-8-6-12(7-9-18)10-13-4-3-5-14(17)11-13/h3-5,11-12,15H,2,6-10H2,1H3,(H,19,20)/t15-/m0/s1. The number of benzene rings is 1. The molecular formula is C16H22FNO2. The third kappa shape index (κ3) is 3.79. The van der Waals surface area contributed by atoms with Crippen LogP contribution in [-0.2, 0) is 11.2 Å². The van der Waals surface area contributed by atoms with Crippen LogP contribution in [0.15, 0.2) is 24.3 Å². The van der Waals surface area contributed by atoms with Crippen molar-refractivity contribution in [3.05, 3.63) is 35.6 Å². The number of nitrogens with zero attached hydrogens (tertiary/aromatic N) is 1. The van der Waals surface area contributed by atoms with Gasteiger partial charge in [0.25, 0.3) is 0 Å². The molecular weight excluding hydrogens is 257 g/mol. The maximum atomic E-state index is 13.2. The number of carbonyl (C=O) groups is 1. The third-order valence-electron chi connectivity index (χ3n) is 4.18. The Kier molecular flexibility index (Phi) is 5.12. The molecule has 110 valence electrons. The van der Waals surface area contributed by atoms with Crippen LogP contribution in [0.2, 0.25) is 0 Å². The fourth-order valence-corrected chi connectivity index (χ4v) is 3.06. The van der Waals surface area contributed by atoms with Gasteiger partial charge in [0.05, 0.1) is 0 Å². The van der Waals surface area contributed by atoms with E-state index in [9.17, 15) is 14.3 Å². The van der Waals surface area contributed by atoms with Gasteiger partial charge in [0.1, 0.15) is 11.9 Å². The second-order valence-electron chi connectivity index (χ2n) is 5.58. The summed E-state index contributed by atoms with van der Waals surface area (Å²) in [6.45, 7) is 3.56. The zero-order valence-corrected chi connectivity index (χ0v) is 11.9. The van der Waals surface area contributed by atoms with E-state index in [-0.39, 0.29) is 11.9 Å². The molecule has 1 aliphatic rings. The molecule has 0 aliphatic carbocycles. The molecule has 1 aromatic carbocycles. The molecule has 0 amide bonds. The van der Waals surface area contributed by atoms with Crippen molar-refractivity contribution in [3.8, 4) is 0 Å². The molecule has 1 fully saturated rings. The van der Waals surface area contributed by atoms with E-state index >= 15 is 0 Å². The normalized spacial score (nSPS) is 18.9. The molecule has 0 unspecified atom stereocenters. The van der Waals surface area contributed by atoms with Gasteiger partial charge in [-0.15, -0.1) is 0 Å². The number of aliphatic carboxylic acids is 1. The summed E-state index contributed by atoms with van der Waals surface area (Å²) in [5.74, 6) is -0.382. The molecule has 0 aromatic heterocycles. The lowest BCUT2D eigenvalue weighted by atomic mass is 9.89. The van der Waals surface area contributed by atoms with E-state index in [1.807, 2.05) is 13.0 Å². The summed E-state index contributed by atoms with van der Waals surface area (Å²) < 4.78 is 13.2. The van der Waals surface area contributed by atoms with Crippen molar-refractivity contribution in [1.82, 2.24) is 4.90 Å². The van der Waals surface area contributed by atoms with E-state index in [2.05, 4.69) is 4.90 Å². The van der Waals surface area contributed by atoms with E-state index in [0.717, 1.165) is 37.9 Å². The first kappa shape index (κ1) is 15.0. The first-order valence-electron chi connectivity index (χ1n) is 7.31. The number of likely N-dealkylation sites (tertiary alicyclic amines) is 1. The quantitative estimate of drug-likeness (QED) is 0.901. The Morgan fingerprint density at radius 2 is 2.15 bits per heavy atom. The van der Waals surface area contributed by atoms with Crippen molar-refractivity contribution in [2.75, 3.05) is 13.1 Å². The predicted molar refractivity (Wildman–Crippen MR) is 76.1 cm³/mol. The van der Waals surface area contributed by atoms with Gasteiger partial charge >= 0.3 is 5.97 Å². The summed E-state index contributed by atoms with van der Waals surface area (Å²) in [7, 11) is 0. The third-order valence-corrected chi connectivity index (χ3v) is 4.18. The van der Waals surface area contributed by atoms with Crippen molar-refractivity contribution >= 4 is 5.97 Å². The molecule has 0 radical (unpaired) electrons. The van der Waals surface area contributed by atoms with Crippen molar-refractivity contribution in [3.63, 3.8) is 0 Å². The molecule has 1 aromatic rings. The van der Waals surface area contributed by atoms with Gasteiger partial charge in [-0.3, -0.25) is 9.69 Å². The fraction of sp³-hybridized carbons (Fsp3) is 0.562. The van der Waals surface area contributed by atoms with Gasteiger partial charge in [0, 0.05) is 0 Å². The average molecular weight is 279 g/mol. The Balaban J connectivity index is 1.86. The summed E-state index contributed by atoms with van der Waals surface area (Å²) in [5.41, 5.74) is 1.04. The predicted octanol–water partition coefficient (Wildman–Crippen LogP) is 2.94. The van der Waals surface area contributed by atoms with Gasteiger partial charge < -0.3 is 5.11 Å². The van der Waals surface area contributed by atoms with Crippen LogP contribution >= 0.6 is 0 Å². The zero-order valence-electron chi connectivity index (χ0n) is 11.9. The minimum atomic E-state index is -0.726. The van der Waals surface area contributed by atoms with E-state index < -0.39 is 5.97 Å². The van der Waals surface area contributed by atoms with Crippen molar-refractivity contribution in [2.45, 2.75) is 38.6 Å². The van der Waals surface area contributed by atoms with Crippen LogP contribution in [-0.4, -0.2) is 35.1 Å². The molecule has 2 rings (SSSR count). The number of rotatable bonds is 5. The van der Waals surface area contributed by atoms with Gasteiger partial charge in [0.2, 0.25) is 0 Å². The number of carboxylic acids is 1. The Morgan fingerprint density at radius 1 is 1.45 bits per heavy atom. The lowest BCUT2D eigenvalue weighted by molar-refractivity contribution is -0.144. The molecule has 1 saturated heterocycles. The summed E-state index contributed by atoms with van der Waals surface area (Å²) in [4.78, 5) is 13.2. The van der Waals surface area contributed by atoms with Crippen LogP contribution < -0.4 is 0 Å². The number of carboxylic acid groups (broad SMARTS) is 1. The SMILES string of the molecule is CC[C@@H](C(=O)O)N1CCC(Cc2cccc(F)c2)CC1. The number of hydrogen-bond acceptors (Lipinski definition) is 2. The molecule has 0 spiro atoms. The molecule has 1 aliphatic heterocycles. The zero-order chi connectivity index (χ0) is 14.5. The second-order valence-corrected chi connectivity index (χ2v) is 5.58. The Bertz CT molecular complexity index is 456. The Labute approximate surface area is 119 Å². The number of hydrogen-bond donors (Lipinski definition) is 1. The summed E-state index contributed by atoms with van der Waals surface area (Å²) in [6.07, 6.45) is 3.50. The topological polar surface area (TPSA) is 40.5 Å². The maximum Gasteiger partial charge on any atom is 0.320 e.